The molecule has 4 rings (SSSR count). The second-order valence-electron chi connectivity index (χ2n) is 7.90. The monoisotopic (exact) mass is 397 g/mol. The van der Waals surface area contributed by atoms with Crippen molar-refractivity contribution in [3.63, 3.8) is 0 Å². The SMILES string of the molecule is Cc1nc(NC2CCCCC2)cc(C(=O)N2CCN(c3ccccc3F)CC2)n1. The summed E-state index contributed by atoms with van der Waals surface area (Å²) in [7, 11) is 0. The number of benzene rings is 1. The van der Waals surface area contributed by atoms with Crippen molar-refractivity contribution in [1.29, 1.82) is 0 Å². The zero-order chi connectivity index (χ0) is 20.2. The molecule has 1 aliphatic carbocycles. The topological polar surface area (TPSA) is 61.4 Å². The zero-order valence-corrected chi connectivity index (χ0v) is 16.9. The smallest absolute Gasteiger partial charge is 0.272 e. The van der Waals surface area contributed by atoms with E-state index in [1.165, 1.54) is 25.3 Å². The molecule has 1 saturated carbocycles. The fourth-order valence-electron chi connectivity index (χ4n) is 4.23. The molecule has 1 aromatic carbocycles. The van der Waals surface area contributed by atoms with Gasteiger partial charge in [-0.3, -0.25) is 4.79 Å². The number of halogens is 1. The highest BCUT2D eigenvalue weighted by Gasteiger charge is 2.25. The van der Waals surface area contributed by atoms with Crippen molar-refractivity contribution in [2.45, 2.75) is 45.1 Å². The van der Waals surface area contributed by atoms with Gasteiger partial charge < -0.3 is 15.1 Å². The maximum atomic E-state index is 14.0. The average molecular weight is 397 g/mol. The Hall–Kier alpha value is -2.70. The minimum absolute atomic E-state index is 0.0876. The molecule has 2 aliphatic rings. The fraction of sp³-hybridized carbons (Fsp3) is 0.500. The first-order chi connectivity index (χ1) is 14.1. The molecule has 1 N–H and O–H groups in total. The molecule has 6 nitrogen and oxygen atoms in total. The van der Waals surface area contributed by atoms with Crippen molar-refractivity contribution in [1.82, 2.24) is 14.9 Å². The van der Waals surface area contributed by atoms with Gasteiger partial charge in [0.2, 0.25) is 0 Å². The second kappa shape index (κ2) is 8.76. The molecule has 1 aliphatic heterocycles. The normalized spacial score (nSPS) is 18.0. The first-order valence-electron chi connectivity index (χ1n) is 10.5. The van der Waals surface area contributed by atoms with E-state index in [9.17, 15) is 9.18 Å². The number of amides is 1. The molecule has 0 atom stereocenters. The molecule has 0 spiro atoms. The summed E-state index contributed by atoms with van der Waals surface area (Å²) >= 11 is 0. The summed E-state index contributed by atoms with van der Waals surface area (Å²) in [5.74, 6) is 1.02. The van der Waals surface area contributed by atoms with Gasteiger partial charge >= 0.3 is 0 Å². The van der Waals surface area contributed by atoms with Crippen LogP contribution in [0.5, 0.6) is 0 Å². The second-order valence-corrected chi connectivity index (χ2v) is 7.90. The van der Waals surface area contributed by atoms with E-state index in [0.717, 1.165) is 18.7 Å². The van der Waals surface area contributed by atoms with Gasteiger partial charge in [-0.1, -0.05) is 31.4 Å². The summed E-state index contributed by atoms with van der Waals surface area (Å²) in [5, 5.41) is 3.48. The lowest BCUT2D eigenvalue weighted by atomic mass is 9.95. The Bertz CT molecular complexity index is 860. The molecule has 0 radical (unpaired) electrons. The minimum Gasteiger partial charge on any atom is -0.367 e. The molecule has 2 heterocycles. The van der Waals surface area contributed by atoms with E-state index in [1.54, 1.807) is 23.1 Å². The third kappa shape index (κ3) is 4.66. The predicted octanol–water partition coefficient (Wildman–Crippen LogP) is 3.63. The van der Waals surface area contributed by atoms with Gasteiger partial charge in [0.1, 0.15) is 23.2 Å². The van der Waals surface area contributed by atoms with E-state index in [0.29, 0.717) is 49.4 Å². The van der Waals surface area contributed by atoms with Crippen LogP contribution in [0.2, 0.25) is 0 Å². The molecule has 154 valence electrons. The lowest BCUT2D eigenvalue weighted by Gasteiger charge is -2.36. The lowest BCUT2D eigenvalue weighted by molar-refractivity contribution is 0.0740. The highest BCUT2D eigenvalue weighted by Crippen LogP contribution is 2.23. The van der Waals surface area contributed by atoms with Gasteiger partial charge in [-0.2, -0.15) is 0 Å². The van der Waals surface area contributed by atoms with Crippen LogP contribution in [0.15, 0.2) is 30.3 Å². The number of carbonyl (C=O) groups is 1. The maximum absolute atomic E-state index is 14.0. The Balaban J connectivity index is 1.41. The largest absolute Gasteiger partial charge is 0.367 e. The van der Waals surface area contributed by atoms with Gasteiger partial charge in [0.15, 0.2) is 0 Å². The number of nitrogens with zero attached hydrogens (tertiary/aromatic N) is 4. The summed E-state index contributed by atoms with van der Waals surface area (Å²) in [5.41, 5.74) is 1.02. The number of rotatable bonds is 4. The molecule has 2 aromatic rings. The van der Waals surface area contributed by atoms with Crippen LogP contribution >= 0.6 is 0 Å². The van der Waals surface area contributed by atoms with Crippen molar-refractivity contribution < 1.29 is 9.18 Å². The molecule has 1 amide bonds. The number of carbonyl (C=O) groups excluding carboxylic acids is 1. The van der Waals surface area contributed by atoms with Gasteiger partial charge in [-0.25, -0.2) is 14.4 Å². The van der Waals surface area contributed by atoms with Gasteiger partial charge in [0, 0.05) is 38.3 Å². The number of aromatic nitrogens is 2. The van der Waals surface area contributed by atoms with Crippen LogP contribution in [0.1, 0.15) is 48.4 Å². The number of anilines is 2. The quantitative estimate of drug-likeness (QED) is 0.854. The summed E-state index contributed by atoms with van der Waals surface area (Å²) in [6.45, 7) is 4.11. The molecule has 1 saturated heterocycles. The zero-order valence-electron chi connectivity index (χ0n) is 16.9. The van der Waals surface area contributed by atoms with Gasteiger partial charge in [-0.15, -0.1) is 0 Å². The molecule has 7 heteroatoms. The summed E-state index contributed by atoms with van der Waals surface area (Å²) in [6.07, 6.45) is 6.05. The van der Waals surface area contributed by atoms with E-state index in [4.69, 9.17) is 0 Å². The first kappa shape index (κ1) is 19.6. The Morgan fingerprint density at radius 2 is 1.79 bits per heavy atom. The first-order valence-corrected chi connectivity index (χ1v) is 10.5. The summed E-state index contributed by atoms with van der Waals surface area (Å²) in [6, 6.07) is 8.97. The van der Waals surface area contributed by atoms with Crippen LogP contribution < -0.4 is 10.2 Å². The van der Waals surface area contributed by atoms with Crippen LogP contribution in [0.25, 0.3) is 0 Å². The third-order valence-corrected chi connectivity index (χ3v) is 5.77. The minimum atomic E-state index is -0.225. The molecule has 1 aromatic heterocycles. The van der Waals surface area contributed by atoms with E-state index in [-0.39, 0.29) is 11.7 Å². The van der Waals surface area contributed by atoms with Crippen LogP contribution in [0.4, 0.5) is 15.9 Å². The van der Waals surface area contributed by atoms with E-state index in [1.807, 2.05) is 17.9 Å². The van der Waals surface area contributed by atoms with E-state index in [2.05, 4.69) is 15.3 Å². The third-order valence-electron chi connectivity index (χ3n) is 5.77. The Kier molecular flexibility index (Phi) is 5.92. The van der Waals surface area contributed by atoms with Gasteiger partial charge in [-0.05, 0) is 31.9 Å². The van der Waals surface area contributed by atoms with Crippen LogP contribution in [0, 0.1) is 12.7 Å². The molecule has 0 bridgehead atoms. The van der Waals surface area contributed by atoms with Crippen molar-refractivity contribution in [3.8, 4) is 0 Å². The molecule has 2 fully saturated rings. The number of hydrogen-bond donors (Lipinski definition) is 1. The van der Waals surface area contributed by atoms with Crippen LogP contribution in [-0.2, 0) is 0 Å². The fourth-order valence-corrected chi connectivity index (χ4v) is 4.23. The summed E-state index contributed by atoms with van der Waals surface area (Å²) in [4.78, 5) is 25.7. The Morgan fingerprint density at radius 1 is 1.07 bits per heavy atom. The highest BCUT2D eigenvalue weighted by molar-refractivity contribution is 5.93. The van der Waals surface area contributed by atoms with Crippen molar-refractivity contribution >= 4 is 17.4 Å². The number of piperazine rings is 1. The molecular formula is C22H28FN5O. The number of nitrogens with one attached hydrogen (secondary N) is 1. The Labute approximate surface area is 171 Å². The number of aryl methyl sites for hydroxylation is 1. The van der Waals surface area contributed by atoms with Crippen LogP contribution in [-0.4, -0.2) is 53.0 Å². The van der Waals surface area contributed by atoms with Crippen molar-refractivity contribution in [3.05, 3.63) is 47.7 Å². The highest BCUT2D eigenvalue weighted by atomic mass is 19.1. The lowest BCUT2D eigenvalue weighted by Crippen LogP contribution is -2.49. The maximum Gasteiger partial charge on any atom is 0.272 e. The predicted molar refractivity (Wildman–Crippen MR) is 112 cm³/mol. The number of para-hydroxylation sites is 1. The van der Waals surface area contributed by atoms with Crippen molar-refractivity contribution in [2.75, 3.05) is 36.4 Å². The Morgan fingerprint density at radius 3 is 2.52 bits per heavy atom. The standard InChI is InChI=1S/C22H28FN5O/c1-16-24-19(15-21(25-16)26-17-7-3-2-4-8-17)22(29)28-13-11-27(12-14-28)20-10-6-5-9-18(20)23/h5-6,9-10,15,17H,2-4,7-8,11-14H2,1H3,(H,24,25,26). The van der Waals surface area contributed by atoms with Crippen molar-refractivity contribution in [2.24, 2.45) is 0 Å². The van der Waals surface area contributed by atoms with Gasteiger partial charge in [0.25, 0.3) is 5.91 Å². The molecular weight excluding hydrogens is 369 g/mol. The average Bonchev–Trinajstić information content (AvgIpc) is 2.74. The van der Waals surface area contributed by atoms with E-state index >= 15 is 0 Å². The number of hydrogen-bond acceptors (Lipinski definition) is 5. The summed E-state index contributed by atoms with van der Waals surface area (Å²) < 4.78 is 14.0. The molecule has 29 heavy (non-hydrogen) atoms. The van der Waals surface area contributed by atoms with E-state index < -0.39 is 0 Å². The van der Waals surface area contributed by atoms with Gasteiger partial charge in [0.05, 0.1) is 5.69 Å². The molecule has 0 unspecified atom stereocenters. The van der Waals surface area contributed by atoms with Crippen LogP contribution in [0.3, 0.4) is 0 Å².